The summed E-state index contributed by atoms with van der Waals surface area (Å²) < 4.78 is 11.1. The number of nitrogens with zero attached hydrogens (tertiary/aromatic N) is 3. The molecule has 0 aromatic carbocycles. The first-order valence-electron chi connectivity index (χ1n) is 7.85. The molecule has 0 aliphatic carbocycles. The molecule has 4 rings (SSSR count). The number of aryl methyl sites for hydroxylation is 2. The second-order valence-corrected chi connectivity index (χ2v) is 7.31. The number of amides is 1. The second kappa shape index (κ2) is 5.72. The Morgan fingerprint density at radius 3 is 2.91 bits per heavy atom. The van der Waals surface area contributed by atoms with Gasteiger partial charge in [0.2, 0.25) is 5.89 Å². The summed E-state index contributed by atoms with van der Waals surface area (Å²) in [6, 6.07) is 1.99. The van der Waals surface area contributed by atoms with E-state index >= 15 is 0 Å². The fourth-order valence-corrected chi connectivity index (χ4v) is 4.51. The zero-order chi connectivity index (χ0) is 16.0. The molecular formula is C16H19N3O3S. The van der Waals surface area contributed by atoms with Crippen molar-refractivity contribution >= 4 is 17.2 Å². The van der Waals surface area contributed by atoms with Crippen LogP contribution in [0.4, 0.5) is 0 Å². The van der Waals surface area contributed by atoms with Gasteiger partial charge >= 0.3 is 0 Å². The van der Waals surface area contributed by atoms with Gasteiger partial charge < -0.3 is 14.2 Å². The first-order chi connectivity index (χ1) is 11.1. The average molecular weight is 333 g/mol. The van der Waals surface area contributed by atoms with Crippen LogP contribution in [0.3, 0.4) is 0 Å². The number of ether oxygens (including phenoxy) is 1. The smallest absolute Gasteiger partial charge is 0.264 e. The number of carbonyl (C=O) groups is 1. The van der Waals surface area contributed by atoms with Crippen molar-refractivity contribution in [1.29, 1.82) is 0 Å². The molecule has 4 heterocycles. The summed E-state index contributed by atoms with van der Waals surface area (Å²) >= 11 is 1.51. The Balaban J connectivity index is 1.55. The van der Waals surface area contributed by atoms with Gasteiger partial charge in [-0.15, -0.1) is 11.3 Å². The van der Waals surface area contributed by atoms with Crippen molar-refractivity contribution in [3.63, 3.8) is 0 Å². The van der Waals surface area contributed by atoms with Gasteiger partial charge in [0.25, 0.3) is 5.91 Å². The lowest BCUT2D eigenvalue weighted by Gasteiger charge is -2.30. The zero-order valence-electron chi connectivity index (χ0n) is 13.2. The van der Waals surface area contributed by atoms with Gasteiger partial charge in [-0.2, -0.15) is 4.98 Å². The fourth-order valence-electron chi connectivity index (χ4n) is 3.62. The number of fused-ring (bicyclic) bond motifs is 1. The minimum atomic E-state index is 0.0807. The molecule has 2 aromatic heterocycles. The lowest BCUT2D eigenvalue weighted by molar-refractivity contribution is 0.00992. The molecule has 2 aliphatic heterocycles. The lowest BCUT2D eigenvalue weighted by Crippen LogP contribution is -2.33. The number of hydrogen-bond donors (Lipinski definition) is 0. The summed E-state index contributed by atoms with van der Waals surface area (Å²) in [5, 5.41) is 5.86. The van der Waals surface area contributed by atoms with Gasteiger partial charge in [0, 0.05) is 19.0 Å². The van der Waals surface area contributed by atoms with Gasteiger partial charge in [-0.05, 0) is 36.8 Å². The van der Waals surface area contributed by atoms with Crippen molar-refractivity contribution in [3.8, 4) is 0 Å². The van der Waals surface area contributed by atoms with Gasteiger partial charge in [0.1, 0.15) is 0 Å². The van der Waals surface area contributed by atoms with Crippen molar-refractivity contribution in [2.45, 2.75) is 19.8 Å². The van der Waals surface area contributed by atoms with E-state index in [-0.39, 0.29) is 11.8 Å². The van der Waals surface area contributed by atoms with Crippen LogP contribution >= 0.6 is 11.3 Å². The quantitative estimate of drug-likeness (QED) is 0.843. The monoisotopic (exact) mass is 333 g/mol. The maximum Gasteiger partial charge on any atom is 0.264 e. The lowest BCUT2D eigenvalue weighted by atomic mass is 9.83. The molecule has 2 saturated heterocycles. The number of hydrogen-bond acceptors (Lipinski definition) is 6. The predicted molar refractivity (Wildman–Crippen MR) is 84.5 cm³/mol. The second-order valence-electron chi connectivity index (χ2n) is 6.39. The molecule has 0 N–H and O–H groups in total. The van der Waals surface area contributed by atoms with Gasteiger partial charge in [-0.25, -0.2) is 0 Å². The highest BCUT2D eigenvalue weighted by atomic mass is 32.1. The largest absolute Gasteiger partial charge is 0.380 e. The molecule has 0 saturated carbocycles. The van der Waals surface area contributed by atoms with E-state index in [1.165, 1.54) is 11.3 Å². The fraction of sp³-hybridized carbons (Fsp3) is 0.562. The molecule has 2 aliphatic rings. The topological polar surface area (TPSA) is 68.5 Å². The highest BCUT2D eigenvalue weighted by molar-refractivity contribution is 7.12. The van der Waals surface area contributed by atoms with Crippen molar-refractivity contribution in [1.82, 2.24) is 15.0 Å². The number of aromatic nitrogens is 2. The first-order valence-corrected chi connectivity index (χ1v) is 8.72. The van der Waals surface area contributed by atoms with Crippen LogP contribution in [0, 0.1) is 25.7 Å². The Morgan fingerprint density at radius 1 is 1.35 bits per heavy atom. The highest BCUT2D eigenvalue weighted by Crippen LogP contribution is 2.39. The van der Waals surface area contributed by atoms with E-state index in [1.54, 1.807) is 0 Å². The Morgan fingerprint density at radius 2 is 2.22 bits per heavy atom. The number of rotatable bonds is 2. The van der Waals surface area contributed by atoms with Crippen LogP contribution in [0.15, 0.2) is 16.0 Å². The van der Waals surface area contributed by atoms with Gasteiger partial charge in [-0.1, -0.05) is 5.16 Å². The van der Waals surface area contributed by atoms with Crippen LogP contribution in [0.1, 0.15) is 32.9 Å². The van der Waals surface area contributed by atoms with Crippen molar-refractivity contribution in [3.05, 3.63) is 33.6 Å². The standard InChI is InChI=1S/C16H19N3O3S/c1-9-3-4-23-14(9)16(20)19-5-11-7-21-8-13(12(11)6-19)15-17-10(2)18-22-15/h3-4,11-13H,5-8H2,1-2H3/t11-,12-,13+/m0/s1. The van der Waals surface area contributed by atoms with Crippen molar-refractivity contribution in [2.75, 3.05) is 26.3 Å². The van der Waals surface area contributed by atoms with Gasteiger partial charge in [-0.3, -0.25) is 4.79 Å². The van der Waals surface area contributed by atoms with E-state index in [0.29, 0.717) is 36.8 Å². The third-order valence-electron chi connectivity index (χ3n) is 4.84. The van der Waals surface area contributed by atoms with Crippen LogP contribution in [0.5, 0.6) is 0 Å². The Hall–Kier alpha value is -1.73. The van der Waals surface area contributed by atoms with Crippen LogP contribution in [-0.4, -0.2) is 47.3 Å². The summed E-state index contributed by atoms with van der Waals surface area (Å²) in [4.78, 5) is 19.9. The van der Waals surface area contributed by atoms with Crippen molar-refractivity contribution in [2.24, 2.45) is 11.8 Å². The predicted octanol–water partition coefficient (Wildman–Crippen LogP) is 2.25. The number of carbonyl (C=O) groups excluding carboxylic acids is 1. The summed E-state index contributed by atoms with van der Waals surface area (Å²) in [5.41, 5.74) is 1.05. The Labute approximate surface area is 138 Å². The molecule has 2 fully saturated rings. The third kappa shape index (κ3) is 2.57. The Kier molecular flexibility index (Phi) is 3.69. The third-order valence-corrected chi connectivity index (χ3v) is 5.85. The van der Waals surface area contributed by atoms with Crippen molar-refractivity contribution < 1.29 is 14.1 Å². The van der Waals surface area contributed by atoms with E-state index in [2.05, 4.69) is 10.1 Å². The number of thiophene rings is 1. The van der Waals surface area contributed by atoms with E-state index in [0.717, 1.165) is 23.5 Å². The van der Waals surface area contributed by atoms with Crippen LogP contribution < -0.4 is 0 Å². The minimum absolute atomic E-state index is 0.0807. The normalized spacial score (nSPS) is 27.2. The maximum atomic E-state index is 12.8. The van der Waals surface area contributed by atoms with Crippen LogP contribution in [-0.2, 0) is 4.74 Å². The summed E-state index contributed by atoms with van der Waals surface area (Å²) in [6.07, 6.45) is 0. The molecule has 0 radical (unpaired) electrons. The highest BCUT2D eigenvalue weighted by Gasteiger charge is 2.45. The summed E-state index contributed by atoms with van der Waals surface area (Å²) in [5.74, 6) is 2.16. The van der Waals surface area contributed by atoms with E-state index in [4.69, 9.17) is 9.26 Å². The first kappa shape index (κ1) is 14.8. The van der Waals surface area contributed by atoms with E-state index < -0.39 is 0 Å². The van der Waals surface area contributed by atoms with E-state index in [1.807, 2.05) is 30.2 Å². The van der Waals surface area contributed by atoms with Crippen LogP contribution in [0.25, 0.3) is 0 Å². The molecule has 7 heteroatoms. The summed E-state index contributed by atoms with van der Waals surface area (Å²) in [7, 11) is 0. The average Bonchev–Trinajstić information content (AvgIpc) is 3.25. The molecule has 122 valence electrons. The Bertz CT molecular complexity index is 726. The SMILES string of the molecule is Cc1noc([C@@H]2COC[C@@H]3CN(C(=O)c4sccc4C)C[C@@H]32)n1. The molecule has 23 heavy (non-hydrogen) atoms. The van der Waals surface area contributed by atoms with Gasteiger partial charge in [0.15, 0.2) is 5.82 Å². The zero-order valence-corrected chi connectivity index (χ0v) is 14.0. The molecule has 0 bridgehead atoms. The van der Waals surface area contributed by atoms with Gasteiger partial charge in [0.05, 0.1) is 24.0 Å². The number of likely N-dealkylation sites (tertiary alicyclic amines) is 1. The molecular weight excluding hydrogens is 314 g/mol. The minimum Gasteiger partial charge on any atom is -0.380 e. The molecule has 3 atom stereocenters. The molecule has 0 unspecified atom stereocenters. The molecule has 0 spiro atoms. The molecule has 2 aromatic rings. The molecule has 1 amide bonds. The molecule has 6 nitrogen and oxygen atoms in total. The maximum absolute atomic E-state index is 12.8. The van der Waals surface area contributed by atoms with E-state index in [9.17, 15) is 4.79 Å². The summed E-state index contributed by atoms with van der Waals surface area (Å²) in [6.45, 7) is 6.56. The van der Waals surface area contributed by atoms with Crippen LogP contribution in [0.2, 0.25) is 0 Å².